The van der Waals surface area contributed by atoms with E-state index in [2.05, 4.69) is 21.5 Å². The third-order valence-electron chi connectivity index (χ3n) is 4.26. The van der Waals surface area contributed by atoms with Gasteiger partial charge in [0, 0.05) is 18.9 Å². The van der Waals surface area contributed by atoms with Crippen molar-refractivity contribution in [2.45, 2.75) is 57.0 Å². The highest BCUT2D eigenvalue weighted by Crippen LogP contribution is 2.36. The molecule has 0 saturated heterocycles. The van der Waals surface area contributed by atoms with Crippen LogP contribution in [0.15, 0.2) is 12.3 Å². The molecule has 1 fully saturated rings. The summed E-state index contributed by atoms with van der Waals surface area (Å²) in [4.78, 5) is 16.3. The fraction of sp³-hybridized carbons (Fsp3) is 0.529. The van der Waals surface area contributed by atoms with E-state index >= 15 is 0 Å². The number of alkyl halides is 2. The molecular weight excluding hydrogens is 319 g/mol. The molecule has 0 aromatic carbocycles. The normalized spacial score (nSPS) is 21.6. The predicted octanol–water partition coefficient (Wildman–Crippen LogP) is 3.35. The second-order valence-electron chi connectivity index (χ2n) is 6.27. The zero-order valence-electron chi connectivity index (χ0n) is 13.6. The van der Waals surface area contributed by atoms with E-state index in [4.69, 9.17) is 6.42 Å². The SMILES string of the molecule is C#CC(C)(CC)NC(=O)c1cc(F)cnc1NC1CCC(F)(F)C1. The van der Waals surface area contributed by atoms with E-state index in [1.165, 1.54) is 0 Å². The van der Waals surface area contributed by atoms with Crippen molar-refractivity contribution >= 4 is 11.7 Å². The minimum Gasteiger partial charge on any atom is -0.366 e. The number of carbonyl (C=O) groups excluding carboxylic acids is 1. The van der Waals surface area contributed by atoms with Gasteiger partial charge in [-0.25, -0.2) is 18.2 Å². The van der Waals surface area contributed by atoms with Crippen LogP contribution in [0, 0.1) is 18.2 Å². The number of hydrogen-bond donors (Lipinski definition) is 2. The Labute approximate surface area is 139 Å². The van der Waals surface area contributed by atoms with Gasteiger partial charge in [0.05, 0.1) is 17.3 Å². The fourth-order valence-corrected chi connectivity index (χ4v) is 2.54. The van der Waals surface area contributed by atoms with E-state index in [1.807, 2.05) is 6.92 Å². The van der Waals surface area contributed by atoms with Crippen molar-refractivity contribution < 1.29 is 18.0 Å². The van der Waals surface area contributed by atoms with Crippen LogP contribution in [0.4, 0.5) is 19.0 Å². The number of rotatable bonds is 5. The van der Waals surface area contributed by atoms with Crippen LogP contribution in [0.5, 0.6) is 0 Å². The van der Waals surface area contributed by atoms with Crippen molar-refractivity contribution in [3.63, 3.8) is 0 Å². The van der Waals surface area contributed by atoms with Gasteiger partial charge in [0.2, 0.25) is 5.92 Å². The third-order valence-corrected chi connectivity index (χ3v) is 4.26. The minimum absolute atomic E-state index is 0.0554. The van der Waals surface area contributed by atoms with E-state index in [1.54, 1.807) is 6.92 Å². The first-order chi connectivity index (χ1) is 11.2. The lowest BCUT2D eigenvalue weighted by molar-refractivity contribution is 0.00851. The van der Waals surface area contributed by atoms with Gasteiger partial charge in [-0.05, 0) is 25.8 Å². The molecule has 2 rings (SSSR count). The Morgan fingerprint density at radius 3 is 2.83 bits per heavy atom. The highest BCUT2D eigenvalue weighted by molar-refractivity contribution is 5.99. The number of anilines is 1. The smallest absolute Gasteiger partial charge is 0.256 e. The summed E-state index contributed by atoms with van der Waals surface area (Å²) in [5, 5.41) is 5.47. The van der Waals surface area contributed by atoms with E-state index in [0.29, 0.717) is 6.42 Å². The topological polar surface area (TPSA) is 54.0 Å². The maximum atomic E-state index is 13.5. The average molecular weight is 339 g/mol. The number of nitrogens with zero attached hydrogens (tertiary/aromatic N) is 1. The molecule has 2 unspecified atom stereocenters. The number of nitrogens with one attached hydrogen (secondary N) is 2. The van der Waals surface area contributed by atoms with Crippen LogP contribution in [0.1, 0.15) is 49.9 Å². The summed E-state index contributed by atoms with van der Waals surface area (Å²) in [5.41, 5.74) is -0.943. The van der Waals surface area contributed by atoms with Gasteiger partial charge in [0.15, 0.2) is 0 Å². The van der Waals surface area contributed by atoms with Crippen molar-refractivity contribution in [3.05, 3.63) is 23.6 Å². The van der Waals surface area contributed by atoms with Crippen molar-refractivity contribution in [2.24, 2.45) is 0 Å². The number of terminal acetylenes is 1. The quantitative estimate of drug-likeness (QED) is 0.809. The molecule has 0 radical (unpaired) electrons. The summed E-state index contributed by atoms with van der Waals surface area (Å²) < 4.78 is 40.1. The lowest BCUT2D eigenvalue weighted by atomic mass is 9.99. The molecule has 1 amide bonds. The lowest BCUT2D eigenvalue weighted by Crippen LogP contribution is -2.44. The van der Waals surface area contributed by atoms with Gasteiger partial charge >= 0.3 is 0 Å². The molecule has 2 atom stereocenters. The van der Waals surface area contributed by atoms with Gasteiger partial charge in [-0.1, -0.05) is 12.8 Å². The van der Waals surface area contributed by atoms with Gasteiger partial charge in [-0.3, -0.25) is 4.79 Å². The van der Waals surface area contributed by atoms with Crippen LogP contribution in [0.2, 0.25) is 0 Å². The summed E-state index contributed by atoms with van der Waals surface area (Å²) in [5.74, 6) is -1.47. The lowest BCUT2D eigenvalue weighted by Gasteiger charge is -2.24. The first-order valence-corrected chi connectivity index (χ1v) is 7.78. The minimum atomic E-state index is -2.73. The van der Waals surface area contributed by atoms with Gasteiger partial charge in [-0.2, -0.15) is 0 Å². The van der Waals surface area contributed by atoms with Crippen LogP contribution in [-0.2, 0) is 0 Å². The largest absolute Gasteiger partial charge is 0.366 e. The number of hydrogen-bond acceptors (Lipinski definition) is 3. The molecule has 0 bridgehead atoms. The molecule has 0 spiro atoms. The van der Waals surface area contributed by atoms with Crippen LogP contribution < -0.4 is 10.6 Å². The Kier molecular flexibility index (Phi) is 5.07. The Bertz CT molecular complexity index is 672. The number of halogens is 3. The second kappa shape index (κ2) is 6.71. The maximum Gasteiger partial charge on any atom is 0.256 e. The van der Waals surface area contributed by atoms with Crippen molar-refractivity contribution in [1.82, 2.24) is 10.3 Å². The zero-order valence-corrected chi connectivity index (χ0v) is 13.6. The molecule has 2 N–H and O–H groups in total. The molecule has 7 heteroatoms. The van der Waals surface area contributed by atoms with Gasteiger partial charge in [-0.15, -0.1) is 6.42 Å². The third kappa shape index (κ3) is 4.19. The van der Waals surface area contributed by atoms with Crippen LogP contribution in [0.3, 0.4) is 0 Å². The van der Waals surface area contributed by atoms with Gasteiger partial charge in [0.25, 0.3) is 5.91 Å². The summed E-state index contributed by atoms with van der Waals surface area (Å²) in [7, 11) is 0. The average Bonchev–Trinajstić information content (AvgIpc) is 2.87. The molecule has 1 saturated carbocycles. The number of pyridine rings is 1. The first kappa shape index (κ1) is 18.1. The summed E-state index contributed by atoms with van der Waals surface area (Å²) in [6.45, 7) is 3.48. The molecule has 24 heavy (non-hydrogen) atoms. The van der Waals surface area contributed by atoms with E-state index in [0.717, 1.165) is 12.3 Å². The van der Waals surface area contributed by atoms with Crippen molar-refractivity contribution in [1.29, 1.82) is 0 Å². The highest BCUT2D eigenvalue weighted by Gasteiger charge is 2.40. The Morgan fingerprint density at radius 1 is 1.58 bits per heavy atom. The zero-order chi connectivity index (χ0) is 18.0. The second-order valence-corrected chi connectivity index (χ2v) is 6.27. The summed E-state index contributed by atoms with van der Waals surface area (Å²) >= 11 is 0. The van der Waals surface area contributed by atoms with E-state index in [9.17, 15) is 18.0 Å². The molecule has 1 aromatic heterocycles. The molecule has 1 aliphatic rings. The molecule has 0 aliphatic heterocycles. The van der Waals surface area contributed by atoms with Crippen molar-refractivity contribution in [3.8, 4) is 12.3 Å². The van der Waals surface area contributed by atoms with Crippen LogP contribution in [0.25, 0.3) is 0 Å². The fourth-order valence-electron chi connectivity index (χ4n) is 2.54. The molecule has 130 valence electrons. The number of amides is 1. The maximum absolute atomic E-state index is 13.5. The molecule has 1 aliphatic carbocycles. The molecule has 1 heterocycles. The molecular formula is C17H20F3N3O. The van der Waals surface area contributed by atoms with Gasteiger partial charge < -0.3 is 10.6 Å². The van der Waals surface area contributed by atoms with E-state index < -0.39 is 29.2 Å². The van der Waals surface area contributed by atoms with Crippen molar-refractivity contribution in [2.75, 3.05) is 5.32 Å². The van der Waals surface area contributed by atoms with E-state index in [-0.39, 0.29) is 30.6 Å². The van der Waals surface area contributed by atoms with Crippen LogP contribution >= 0.6 is 0 Å². The standard InChI is InChI=1S/C17H20F3N3O/c1-4-16(3,5-2)23-15(24)13-8-11(18)10-21-14(13)22-12-6-7-17(19,20)9-12/h1,8,10,12H,5-7,9H2,2-3H3,(H,21,22)(H,23,24). The Morgan fingerprint density at radius 2 is 2.29 bits per heavy atom. The van der Waals surface area contributed by atoms with Gasteiger partial charge in [0.1, 0.15) is 11.6 Å². The number of aromatic nitrogens is 1. The Balaban J connectivity index is 2.22. The van der Waals surface area contributed by atoms with Crippen LogP contribution in [-0.4, -0.2) is 28.4 Å². The monoisotopic (exact) mass is 339 g/mol. The Hall–Kier alpha value is -2.23. The number of carbonyl (C=O) groups is 1. The predicted molar refractivity (Wildman–Crippen MR) is 85.4 cm³/mol. The first-order valence-electron chi connectivity index (χ1n) is 7.78. The molecule has 1 aromatic rings. The molecule has 4 nitrogen and oxygen atoms in total. The summed E-state index contributed by atoms with van der Waals surface area (Å²) in [6, 6.07) is 0.499. The highest BCUT2D eigenvalue weighted by atomic mass is 19.3. The summed E-state index contributed by atoms with van der Waals surface area (Å²) in [6.07, 6.45) is 6.53.